The summed E-state index contributed by atoms with van der Waals surface area (Å²) < 4.78 is 30.4. The number of piperazine rings is 1. The molecule has 13 heteroatoms. The predicted molar refractivity (Wildman–Crippen MR) is 152 cm³/mol. The van der Waals surface area contributed by atoms with Gasteiger partial charge in [0.25, 0.3) is 5.56 Å². The third-order valence-electron chi connectivity index (χ3n) is 7.00. The molecule has 1 aromatic carbocycles. The number of anilines is 1. The third-order valence-corrected chi connectivity index (χ3v) is 7.00. The van der Waals surface area contributed by atoms with Crippen molar-refractivity contribution in [3.05, 3.63) is 44.9 Å². The zero-order valence-electron chi connectivity index (χ0n) is 24.6. The van der Waals surface area contributed by atoms with Gasteiger partial charge in [-0.15, -0.1) is 0 Å². The van der Waals surface area contributed by atoms with E-state index in [1.165, 1.54) is 23.6 Å². The number of hydrogen-bond acceptors (Lipinski definition) is 7. The Hall–Kier alpha value is -4.03. The van der Waals surface area contributed by atoms with Gasteiger partial charge in [0.2, 0.25) is 0 Å². The zero-order valence-corrected chi connectivity index (χ0v) is 24.6. The number of aromatic nitrogens is 3. The minimum Gasteiger partial charge on any atom is -0.444 e. The van der Waals surface area contributed by atoms with E-state index in [0.29, 0.717) is 47.7 Å². The number of imidazole rings is 1. The first-order chi connectivity index (χ1) is 19.1. The summed E-state index contributed by atoms with van der Waals surface area (Å²) in [5, 5.41) is 0.831. The normalized spacial score (nSPS) is 16.4. The molecule has 0 unspecified atom stereocenters. The fourth-order valence-corrected chi connectivity index (χ4v) is 5.06. The lowest BCUT2D eigenvalue weighted by Gasteiger charge is -2.36. The average Bonchev–Trinajstić information content (AvgIpc) is 3.63. The molecule has 0 N–H and O–H groups in total. The molecule has 12 nitrogen and oxygen atoms in total. The second-order valence-electron chi connectivity index (χ2n) is 12.6. The van der Waals surface area contributed by atoms with Gasteiger partial charge in [-0.05, 0) is 60.5 Å². The topological polar surface area (TPSA) is 111 Å². The van der Waals surface area contributed by atoms with Gasteiger partial charge in [0, 0.05) is 51.4 Å². The SMILES string of the molecule is CN(C(=O)OC(C)(C)C)n1c(=O)cc2n(C3CC3)c3cc(N4CCN(C(=O)OC(C)(C)C)CC4)c(F)cc3n2c1=O. The molecular formula is C28H37FN6O6. The molecule has 1 saturated carbocycles. The van der Waals surface area contributed by atoms with E-state index in [2.05, 4.69) is 0 Å². The molecule has 1 saturated heterocycles. The average molecular weight is 573 g/mol. The lowest BCUT2D eigenvalue weighted by atomic mass is 10.2. The monoisotopic (exact) mass is 572 g/mol. The summed E-state index contributed by atoms with van der Waals surface area (Å²) >= 11 is 0. The van der Waals surface area contributed by atoms with Crippen molar-refractivity contribution >= 4 is 34.6 Å². The van der Waals surface area contributed by atoms with Crippen LogP contribution in [0.4, 0.5) is 19.7 Å². The van der Waals surface area contributed by atoms with Crippen LogP contribution in [0.15, 0.2) is 27.8 Å². The highest BCUT2D eigenvalue weighted by atomic mass is 19.1. The molecule has 0 atom stereocenters. The number of halogens is 1. The van der Waals surface area contributed by atoms with E-state index >= 15 is 4.39 Å². The van der Waals surface area contributed by atoms with Gasteiger partial charge in [-0.3, -0.25) is 4.79 Å². The minimum absolute atomic E-state index is 0.0584. The van der Waals surface area contributed by atoms with E-state index < -0.39 is 40.5 Å². The van der Waals surface area contributed by atoms with Crippen molar-refractivity contribution < 1.29 is 23.5 Å². The molecular weight excluding hydrogens is 535 g/mol. The van der Waals surface area contributed by atoms with Crippen LogP contribution in [0.5, 0.6) is 0 Å². The molecule has 2 aliphatic rings. The van der Waals surface area contributed by atoms with Crippen LogP contribution in [0.1, 0.15) is 60.4 Å². The fraction of sp³-hybridized carbons (Fsp3) is 0.571. The predicted octanol–water partition coefficient (Wildman–Crippen LogP) is 3.45. The van der Waals surface area contributed by atoms with Crippen LogP contribution in [0.3, 0.4) is 0 Å². The molecule has 2 amide bonds. The lowest BCUT2D eigenvalue weighted by Crippen LogP contribution is -2.53. The van der Waals surface area contributed by atoms with Crippen molar-refractivity contribution in [2.45, 2.75) is 71.6 Å². The fourth-order valence-electron chi connectivity index (χ4n) is 5.06. The highest BCUT2D eigenvalue weighted by Crippen LogP contribution is 2.40. The number of nitrogens with zero attached hydrogens (tertiary/aromatic N) is 6. The number of carbonyl (C=O) groups is 2. The minimum atomic E-state index is -0.874. The van der Waals surface area contributed by atoms with Gasteiger partial charge in [0.15, 0.2) is 0 Å². The summed E-state index contributed by atoms with van der Waals surface area (Å²) in [5.74, 6) is -0.539. The van der Waals surface area contributed by atoms with Crippen molar-refractivity contribution in [3.8, 4) is 0 Å². The molecule has 3 heterocycles. The lowest BCUT2D eigenvalue weighted by molar-refractivity contribution is 0.0240. The Morgan fingerprint density at radius 3 is 2.07 bits per heavy atom. The van der Waals surface area contributed by atoms with Gasteiger partial charge in [-0.25, -0.2) is 28.2 Å². The van der Waals surface area contributed by atoms with Crippen LogP contribution < -0.4 is 21.2 Å². The van der Waals surface area contributed by atoms with Crippen LogP contribution >= 0.6 is 0 Å². The summed E-state index contributed by atoms with van der Waals surface area (Å²) in [4.78, 5) is 55.5. The first kappa shape index (κ1) is 28.5. The molecule has 0 radical (unpaired) electrons. The van der Waals surface area contributed by atoms with Crippen LogP contribution in [-0.4, -0.2) is 75.2 Å². The highest BCUT2D eigenvalue weighted by molar-refractivity contribution is 5.86. The smallest absolute Gasteiger partial charge is 0.429 e. The molecule has 2 fully saturated rings. The zero-order chi connectivity index (χ0) is 30.0. The number of carbonyl (C=O) groups excluding carboxylic acids is 2. The largest absolute Gasteiger partial charge is 0.444 e. The molecule has 5 rings (SSSR count). The Morgan fingerprint density at radius 1 is 0.902 bits per heavy atom. The van der Waals surface area contributed by atoms with Crippen LogP contribution in [0.2, 0.25) is 0 Å². The van der Waals surface area contributed by atoms with Gasteiger partial charge >= 0.3 is 17.9 Å². The van der Waals surface area contributed by atoms with E-state index in [4.69, 9.17) is 9.47 Å². The molecule has 0 bridgehead atoms. The first-order valence-corrected chi connectivity index (χ1v) is 13.8. The van der Waals surface area contributed by atoms with Crippen molar-refractivity contribution in [2.75, 3.05) is 43.1 Å². The number of rotatable bonds is 3. The van der Waals surface area contributed by atoms with E-state index in [-0.39, 0.29) is 11.6 Å². The van der Waals surface area contributed by atoms with E-state index in [0.717, 1.165) is 17.9 Å². The number of benzene rings is 1. The van der Waals surface area contributed by atoms with Gasteiger partial charge in [0.1, 0.15) is 22.7 Å². The van der Waals surface area contributed by atoms with Crippen molar-refractivity contribution in [3.63, 3.8) is 0 Å². The quantitative estimate of drug-likeness (QED) is 0.473. The van der Waals surface area contributed by atoms with Crippen LogP contribution in [-0.2, 0) is 9.47 Å². The summed E-state index contributed by atoms with van der Waals surface area (Å²) in [5.41, 5.74) is -1.38. The van der Waals surface area contributed by atoms with Gasteiger partial charge in [-0.2, -0.15) is 4.68 Å². The molecule has 0 spiro atoms. The molecule has 1 aliphatic carbocycles. The standard InChI is InChI=1S/C28H37FN6O6/c1-27(2,3)40-25(38)30(7)35-23(36)16-22-33(17-8-9-17)21-15-19(18(29)14-20(21)34(22)24(35)37)31-10-12-32(13-11-31)26(39)41-28(4,5)6/h14-17H,8-13H2,1-7H3. The van der Waals surface area contributed by atoms with Crippen LogP contribution in [0, 0.1) is 5.82 Å². The molecule has 2 aromatic heterocycles. The van der Waals surface area contributed by atoms with Crippen molar-refractivity contribution in [2.24, 2.45) is 0 Å². The first-order valence-electron chi connectivity index (χ1n) is 13.8. The third kappa shape index (κ3) is 5.49. The summed E-state index contributed by atoms with van der Waals surface area (Å²) in [6, 6.07) is 4.34. The molecule has 41 heavy (non-hydrogen) atoms. The molecule has 3 aromatic rings. The highest BCUT2D eigenvalue weighted by Gasteiger charge is 2.32. The number of fused-ring (bicyclic) bond motifs is 3. The second-order valence-corrected chi connectivity index (χ2v) is 12.6. The van der Waals surface area contributed by atoms with Gasteiger partial charge in [-0.1, -0.05) is 0 Å². The molecule has 1 aliphatic heterocycles. The van der Waals surface area contributed by atoms with E-state index in [1.54, 1.807) is 31.7 Å². The maximum atomic E-state index is 15.7. The maximum absolute atomic E-state index is 15.7. The second kappa shape index (κ2) is 9.81. The van der Waals surface area contributed by atoms with E-state index in [9.17, 15) is 19.2 Å². The van der Waals surface area contributed by atoms with Gasteiger partial charge < -0.3 is 23.8 Å². The Labute approximate surface area is 236 Å². The summed E-state index contributed by atoms with van der Waals surface area (Å²) in [7, 11) is 1.28. The number of ether oxygens (including phenoxy) is 2. The Kier molecular flexibility index (Phi) is 6.82. The Bertz CT molecular complexity index is 1650. The summed E-state index contributed by atoms with van der Waals surface area (Å²) in [6.45, 7) is 12.0. The number of hydrogen-bond donors (Lipinski definition) is 0. The van der Waals surface area contributed by atoms with E-state index in [1.807, 2.05) is 30.2 Å². The maximum Gasteiger partial charge on any atom is 0.429 e. The van der Waals surface area contributed by atoms with Crippen LogP contribution in [0.25, 0.3) is 16.7 Å². The Morgan fingerprint density at radius 2 is 1.51 bits per heavy atom. The number of amides is 2. The van der Waals surface area contributed by atoms with Crippen molar-refractivity contribution in [1.29, 1.82) is 0 Å². The van der Waals surface area contributed by atoms with Gasteiger partial charge in [0.05, 0.1) is 16.7 Å². The summed E-state index contributed by atoms with van der Waals surface area (Å²) in [6.07, 6.45) is 0.437. The molecule has 222 valence electrons. The van der Waals surface area contributed by atoms with Crippen molar-refractivity contribution in [1.82, 2.24) is 18.5 Å². The Balaban J connectivity index is 1.55.